The van der Waals surface area contributed by atoms with Gasteiger partial charge in [0, 0.05) is 11.8 Å². The summed E-state index contributed by atoms with van der Waals surface area (Å²) in [7, 11) is 0. The summed E-state index contributed by atoms with van der Waals surface area (Å²) in [6.07, 6.45) is 6.43. The fourth-order valence-electron chi connectivity index (χ4n) is 6.66. The number of carbonyl (C=O) groups excluding carboxylic acids is 1. The van der Waals surface area contributed by atoms with Crippen molar-refractivity contribution in [1.82, 2.24) is 0 Å². The van der Waals surface area contributed by atoms with E-state index in [-0.39, 0.29) is 5.92 Å². The molecule has 2 saturated carbocycles. The van der Waals surface area contributed by atoms with Gasteiger partial charge in [-0.1, -0.05) is 25.2 Å². The average Bonchev–Trinajstić information content (AvgIpc) is 2.77. The number of aliphatic carboxylic acids is 1. The number of carbonyl (C=O) groups is 2. The van der Waals surface area contributed by atoms with E-state index in [0.717, 1.165) is 24.8 Å². The number of aliphatic hydroxyl groups is 1. The number of allylic oxidation sites excluding steroid dienone is 1. The minimum Gasteiger partial charge on any atom is -0.481 e. The predicted octanol–water partition coefficient (Wildman–Crippen LogP) is 2.69. The molecule has 0 aromatic rings. The molecule has 0 amide bonds. The minimum atomic E-state index is -1.20. The molecule has 3 fully saturated rings. The van der Waals surface area contributed by atoms with Crippen LogP contribution in [-0.2, 0) is 14.3 Å². The molecule has 7 atom stereocenters. The van der Waals surface area contributed by atoms with Crippen molar-refractivity contribution < 1.29 is 24.5 Å². The van der Waals surface area contributed by atoms with Crippen LogP contribution in [0.4, 0.5) is 0 Å². The molecule has 5 heteroatoms. The van der Waals surface area contributed by atoms with E-state index in [0.29, 0.717) is 12.8 Å². The van der Waals surface area contributed by atoms with Crippen molar-refractivity contribution in [2.75, 3.05) is 0 Å². The molecular formula is C20H26O5. The van der Waals surface area contributed by atoms with Gasteiger partial charge in [0.1, 0.15) is 11.0 Å². The number of esters is 1. The number of carboxylic acid groups (broad SMARTS) is 1. The molecule has 25 heavy (non-hydrogen) atoms. The Morgan fingerprint density at radius 1 is 1.48 bits per heavy atom. The smallest absolute Gasteiger partial charge is 0.316 e. The number of rotatable bonds is 2. The second-order valence-corrected chi connectivity index (χ2v) is 8.58. The topological polar surface area (TPSA) is 83.8 Å². The van der Waals surface area contributed by atoms with Crippen molar-refractivity contribution in [2.24, 2.45) is 28.6 Å². The molecule has 0 spiro atoms. The van der Waals surface area contributed by atoms with Crippen LogP contribution in [-0.4, -0.2) is 33.9 Å². The molecule has 0 radical (unpaired) electrons. The van der Waals surface area contributed by atoms with E-state index in [4.69, 9.17) is 4.74 Å². The van der Waals surface area contributed by atoms with Crippen LogP contribution in [0.1, 0.15) is 46.0 Å². The lowest BCUT2D eigenvalue weighted by molar-refractivity contribution is -0.160. The number of fused-ring (bicyclic) bond motifs is 1. The lowest BCUT2D eigenvalue weighted by Crippen LogP contribution is -2.50. The van der Waals surface area contributed by atoms with Gasteiger partial charge in [-0.05, 0) is 50.5 Å². The van der Waals surface area contributed by atoms with Crippen molar-refractivity contribution in [3.8, 4) is 0 Å². The highest BCUT2D eigenvalue weighted by atomic mass is 16.6. The molecule has 0 aromatic carbocycles. The van der Waals surface area contributed by atoms with E-state index < -0.39 is 46.3 Å². The molecule has 1 aliphatic heterocycles. The molecule has 5 nitrogen and oxygen atoms in total. The molecule has 2 bridgehead atoms. The Labute approximate surface area is 147 Å². The fraction of sp³-hybridized carbons (Fsp3) is 0.700. The first kappa shape index (κ1) is 16.8. The van der Waals surface area contributed by atoms with E-state index in [2.05, 4.69) is 6.58 Å². The molecule has 4 rings (SSSR count). The molecule has 3 aliphatic carbocycles. The Hall–Kier alpha value is -1.62. The maximum Gasteiger partial charge on any atom is 0.316 e. The third-order valence-corrected chi connectivity index (χ3v) is 7.71. The van der Waals surface area contributed by atoms with Crippen LogP contribution in [0.25, 0.3) is 0 Å². The lowest BCUT2D eigenvalue weighted by Gasteiger charge is -2.41. The third kappa shape index (κ3) is 1.73. The molecule has 2 N–H and O–H groups in total. The second kappa shape index (κ2) is 4.97. The van der Waals surface area contributed by atoms with Gasteiger partial charge < -0.3 is 14.9 Å². The number of carboxylic acids is 1. The maximum atomic E-state index is 12.7. The molecular weight excluding hydrogens is 320 g/mol. The average molecular weight is 346 g/mol. The molecule has 1 saturated heterocycles. The third-order valence-electron chi connectivity index (χ3n) is 7.71. The van der Waals surface area contributed by atoms with Gasteiger partial charge in [0.15, 0.2) is 0 Å². The Balaban J connectivity index is 1.99. The number of aliphatic hydroxyl groups excluding tert-OH is 1. The van der Waals surface area contributed by atoms with E-state index in [9.17, 15) is 19.8 Å². The van der Waals surface area contributed by atoms with Crippen LogP contribution in [0.15, 0.2) is 24.3 Å². The maximum absolute atomic E-state index is 12.7. The molecule has 136 valence electrons. The first-order chi connectivity index (χ1) is 11.7. The lowest BCUT2D eigenvalue weighted by atomic mass is 9.60. The van der Waals surface area contributed by atoms with Gasteiger partial charge in [-0.15, -0.1) is 0 Å². The zero-order valence-electron chi connectivity index (χ0n) is 14.8. The molecule has 2 unspecified atom stereocenters. The Morgan fingerprint density at radius 2 is 2.20 bits per heavy atom. The Morgan fingerprint density at radius 3 is 2.84 bits per heavy atom. The zero-order chi connectivity index (χ0) is 18.2. The van der Waals surface area contributed by atoms with Crippen molar-refractivity contribution in [3.05, 3.63) is 24.3 Å². The van der Waals surface area contributed by atoms with E-state index >= 15 is 0 Å². The molecule has 4 aliphatic rings. The van der Waals surface area contributed by atoms with Gasteiger partial charge in [-0.2, -0.15) is 0 Å². The van der Waals surface area contributed by atoms with Gasteiger partial charge in [0.25, 0.3) is 0 Å². The van der Waals surface area contributed by atoms with Gasteiger partial charge in [0.05, 0.1) is 12.0 Å². The minimum absolute atomic E-state index is 0.0510. The first-order valence-electron chi connectivity index (χ1n) is 9.24. The summed E-state index contributed by atoms with van der Waals surface area (Å²) in [5.41, 5.74) is -1.51. The summed E-state index contributed by atoms with van der Waals surface area (Å²) in [5, 5.41) is 20.8. The predicted molar refractivity (Wildman–Crippen MR) is 90.5 cm³/mol. The Kier molecular flexibility index (Phi) is 3.34. The van der Waals surface area contributed by atoms with Crippen molar-refractivity contribution in [3.63, 3.8) is 0 Å². The van der Waals surface area contributed by atoms with Crippen LogP contribution in [0.5, 0.6) is 0 Å². The van der Waals surface area contributed by atoms with Crippen molar-refractivity contribution >= 4 is 11.9 Å². The van der Waals surface area contributed by atoms with Gasteiger partial charge in [0.2, 0.25) is 0 Å². The standard InChI is InChI=1S/C20H26O5/c1-4-19-10-11(2)6-5-7-12(19)20-9-8-13(21)18(3,17(24)25-20)15(20)14(19)16(22)23/h8-9,12-15,21H,2,4-7,10H2,1,3H3,(H,22,23)/t12?,13-,14+,15?,18-,19+,20+/m0/s1. The summed E-state index contributed by atoms with van der Waals surface area (Å²) in [5.74, 6) is -2.67. The van der Waals surface area contributed by atoms with Gasteiger partial charge >= 0.3 is 11.9 Å². The van der Waals surface area contributed by atoms with Crippen LogP contribution in [0, 0.1) is 28.6 Å². The van der Waals surface area contributed by atoms with Crippen LogP contribution < -0.4 is 0 Å². The summed E-state index contributed by atoms with van der Waals surface area (Å²) in [6, 6.07) is 0. The highest BCUT2D eigenvalue weighted by Crippen LogP contribution is 2.73. The van der Waals surface area contributed by atoms with Crippen molar-refractivity contribution in [2.45, 2.75) is 57.7 Å². The first-order valence-corrected chi connectivity index (χ1v) is 9.24. The van der Waals surface area contributed by atoms with Crippen molar-refractivity contribution in [1.29, 1.82) is 0 Å². The summed E-state index contributed by atoms with van der Waals surface area (Å²) in [4.78, 5) is 25.2. The van der Waals surface area contributed by atoms with E-state index in [1.807, 2.05) is 6.92 Å². The summed E-state index contributed by atoms with van der Waals surface area (Å²) >= 11 is 0. The fourth-order valence-corrected chi connectivity index (χ4v) is 6.66. The monoisotopic (exact) mass is 346 g/mol. The Bertz CT molecular complexity index is 696. The molecule has 0 aromatic heterocycles. The quantitative estimate of drug-likeness (QED) is 0.593. The van der Waals surface area contributed by atoms with Gasteiger partial charge in [-0.3, -0.25) is 9.59 Å². The SMILES string of the molecule is C=C1CCCC2[C@@]34C=C[C@H](O)[C@](C)(C(=O)O3)C4[C@H](C(=O)O)[C@]2(CC)C1. The zero-order valence-corrected chi connectivity index (χ0v) is 14.8. The molecule has 1 heterocycles. The van der Waals surface area contributed by atoms with Crippen LogP contribution in [0.3, 0.4) is 0 Å². The number of hydrogen-bond acceptors (Lipinski definition) is 4. The van der Waals surface area contributed by atoms with E-state index in [1.54, 1.807) is 19.1 Å². The highest BCUT2D eigenvalue weighted by Gasteiger charge is 2.80. The van der Waals surface area contributed by atoms with Crippen LogP contribution >= 0.6 is 0 Å². The van der Waals surface area contributed by atoms with Gasteiger partial charge in [-0.25, -0.2) is 0 Å². The number of hydrogen-bond donors (Lipinski definition) is 2. The summed E-state index contributed by atoms with van der Waals surface area (Å²) in [6.45, 7) is 7.89. The highest BCUT2D eigenvalue weighted by molar-refractivity contribution is 5.86. The normalized spacial score (nSPS) is 50.8. The van der Waals surface area contributed by atoms with E-state index in [1.165, 1.54) is 0 Å². The summed E-state index contributed by atoms with van der Waals surface area (Å²) < 4.78 is 5.96. The second-order valence-electron chi connectivity index (χ2n) is 8.58. The number of ether oxygens (including phenoxy) is 1. The largest absolute Gasteiger partial charge is 0.481 e. The van der Waals surface area contributed by atoms with Crippen LogP contribution in [0.2, 0.25) is 0 Å².